The Hall–Kier alpha value is -1.95. The van der Waals surface area contributed by atoms with Crippen LogP contribution in [0.1, 0.15) is 16.3 Å². The first-order valence-electron chi connectivity index (χ1n) is 5.87. The number of imidazole rings is 1. The number of aromatic nitrogens is 3. The highest BCUT2D eigenvalue weighted by Gasteiger charge is 2.12. The van der Waals surface area contributed by atoms with Crippen molar-refractivity contribution in [3.63, 3.8) is 0 Å². The number of nitrogens with two attached hydrogens (primary N) is 1. The van der Waals surface area contributed by atoms with Crippen molar-refractivity contribution in [1.82, 2.24) is 14.5 Å². The first-order valence-corrected chi connectivity index (χ1v) is 6.75. The van der Waals surface area contributed by atoms with Gasteiger partial charge in [0.2, 0.25) is 5.95 Å². The molecule has 19 heavy (non-hydrogen) atoms. The van der Waals surface area contributed by atoms with Gasteiger partial charge in [0.25, 0.3) is 0 Å². The Morgan fingerprint density at radius 1 is 1.32 bits per heavy atom. The van der Waals surface area contributed by atoms with Crippen LogP contribution in [-0.2, 0) is 6.54 Å². The molecular weight excluding hydrogens is 263 g/mol. The molecule has 98 valence electrons. The Morgan fingerprint density at radius 2 is 2.11 bits per heavy atom. The van der Waals surface area contributed by atoms with E-state index < -0.39 is 0 Å². The van der Waals surface area contributed by atoms with E-state index in [0.29, 0.717) is 23.6 Å². The van der Waals surface area contributed by atoms with E-state index in [-0.39, 0.29) is 5.82 Å². The second-order valence-electron chi connectivity index (χ2n) is 4.53. The number of rotatable bonds is 2. The van der Waals surface area contributed by atoms with E-state index in [0.717, 1.165) is 16.2 Å². The van der Waals surface area contributed by atoms with Crippen molar-refractivity contribution in [3.8, 4) is 0 Å². The van der Waals surface area contributed by atoms with Crippen LogP contribution < -0.4 is 5.73 Å². The fraction of sp³-hybridized carbons (Fsp3) is 0.231. The molecule has 0 saturated carbocycles. The second-order valence-corrected chi connectivity index (χ2v) is 5.47. The number of hydrogen-bond acceptors (Lipinski definition) is 4. The molecule has 3 rings (SSSR count). The molecule has 2 N–H and O–H groups in total. The molecule has 6 heteroatoms. The summed E-state index contributed by atoms with van der Waals surface area (Å²) >= 11 is 1.58. The summed E-state index contributed by atoms with van der Waals surface area (Å²) in [4.78, 5) is 8.61. The maximum atomic E-state index is 13.5. The van der Waals surface area contributed by atoms with Gasteiger partial charge in [-0.3, -0.25) is 0 Å². The van der Waals surface area contributed by atoms with Crippen LogP contribution in [0, 0.1) is 19.7 Å². The summed E-state index contributed by atoms with van der Waals surface area (Å²) in [6, 6.07) is 3.19. The van der Waals surface area contributed by atoms with Crippen LogP contribution in [0.4, 0.5) is 10.3 Å². The highest BCUT2D eigenvalue weighted by Crippen LogP contribution is 2.23. The Kier molecular flexibility index (Phi) is 2.74. The maximum Gasteiger partial charge on any atom is 0.201 e. The summed E-state index contributed by atoms with van der Waals surface area (Å²) in [5.41, 5.74) is 8.91. The van der Waals surface area contributed by atoms with Crippen molar-refractivity contribution >= 4 is 28.3 Å². The van der Waals surface area contributed by atoms with Crippen molar-refractivity contribution in [2.24, 2.45) is 0 Å². The van der Waals surface area contributed by atoms with Crippen molar-refractivity contribution < 1.29 is 4.39 Å². The van der Waals surface area contributed by atoms with Gasteiger partial charge in [0.05, 0.1) is 17.6 Å². The highest BCUT2D eigenvalue weighted by molar-refractivity contribution is 7.09. The predicted octanol–water partition coefficient (Wildman–Crippen LogP) is 2.88. The number of aryl methyl sites for hydroxylation is 2. The molecule has 0 saturated heterocycles. The number of thiazole rings is 1. The summed E-state index contributed by atoms with van der Waals surface area (Å²) in [7, 11) is 0. The molecule has 0 atom stereocenters. The molecule has 0 aliphatic heterocycles. The highest BCUT2D eigenvalue weighted by atomic mass is 32.1. The quantitative estimate of drug-likeness (QED) is 0.783. The summed E-state index contributed by atoms with van der Waals surface area (Å²) in [6.07, 6.45) is 0. The van der Waals surface area contributed by atoms with Crippen LogP contribution in [0.3, 0.4) is 0 Å². The zero-order chi connectivity index (χ0) is 13.6. The number of benzene rings is 1. The van der Waals surface area contributed by atoms with E-state index in [2.05, 4.69) is 9.97 Å². The SMILES string of the molecule is Cc1csc(Cn2c(N)nc3cc(F)c(C)cc32)n1. The van der Waals surface area contributed by atoms with Crippen molar-refractivity contribution in [2.45, 2.75) is 20.4 Å². The minimum atomic E-state index is -0.262. The molecule has 4 nitrogen and oxygen atoms in total. The third-order valence-electron chi connectivity index (χ3n) is 3.02. The van der Waals surface area contributed by atoms with Gasteiger partial charge < -0.3 is 10.3 Å². The van der Waals surface area contributed by atoms with Crippen molar-refractivity contribution in [2.75, 3.05) is 5.73 Å². The molecule has 0 fully saturated rings. The van der Waals surface area contributed by atoms with E-state index >= 15 is 0 Å². The third-order valence-corrected chi connectivity index (χ3v) is 3.97. The average molecular weight is 276 g/mol. The van der Waals surface area contributed by atoms with E-state index in [9.17, 15) is 4.39 Å². The molecule has 1 aromatic carbocycles. The number of hydrogen-bond donors (Lipinski definition) is 1. The van der Waals surface area contributed by atoms with Crippen LogP contribution in [0.25, 0.3) is 11.0 Å². The van der Waals surface area contributed by atoms with Gasteiger partial charge in [-0.1, -0.05) is 0 Å². The molecule has 0 aliphatic carbocycles. The average Bonchev–Trinajstić information content (AvgIpc) is 2.87. The van der Waals surface area contributed by atoms with E-state index in [1.54, 1.807) is 24.3 Å². The van der Waals surface area contributed by atoms with E-state index in [1.807, 2.05) is 16.9 Å². The molecule has 0 bridgehead atoms. The third kappa shape index (κ3) is 2.08. The molecule has 2 heterocycles. The Labute approximate surface area is 113 Å². The maximum absolute atomic E-state index is 13.5. The fourth-order valence-electron chi connectivity index (χ4n) is 2.05. The largest absolute Gasteiger partial charge is 0.369 e. The molecular formula is C13H13FN4S. The molecule has 0 spiro atoms. The van der Waals surface area contributed by atoms with Crippen LogP contribution in [0.5, 0.6) is 0 Å². The minimum absolute atomic E-state index is 0.262. The minimum Gasteiger partial charge on any atom is -0.369 e. The monoisotopic (exact) mass is 276 g/mol. The van der Waals surface area contributed by atoms with Gasteiger partial charge in [-0.2, -0.15) is 0 Å². The van der Waals surface area contributed by atoms with Gasteiger partial charge in [-0.15, -0.1) is 11.3 Å². The zero-order valence-electron chi connectivity index (χ0n) is 10.6. The molecule has 0 amide bonds. The summed E-state index contributed by atoms with van der Waals surface area (Å²) in [6.45, 7) is 4.25. The predicted molar refractivity (Wildman–Crippen MR) is 74.8 cm³/mol. The lowest BCUT2D eigenvalue weighted by Crippen LogP contribution is -2.04. The van der Waals surface area contributed by atoms with Gasteiger partial charge in [-0.05, 0) is 25.5 Å². The number of halogens is 1. The van der Waals surface area contributed by atoms with Crippen LogP contribution in [-0.4, -0.2) is 14.5 Å². The van der Waals surface area contributed by atoms with Gasteiger partial charge in [-0.25, -0.2) is 14.4 Å². The fourth-order valence-corrected chi connectivity index (χ4v) is 2.81. The topological polar surface area (TPSA) is 56.7 Å². The van der Waals surface area contributed by atoms with E-state index in [4.69, 9.17) is 5.73 Å². The molecule has 0 radical (unpaired) electrons. The first kappa shape index (κ1) is 12.1. The standard InChI is InChI=1S/C13H13FN4S/c1-7-3-11-10(4-9(7)14)17-13(15)18(11)5-12-16-8(2)6-19-12/h3-4,6H,5H2,1-2H3,(H2,15,17). The van der Waals surface area contributed by atoms with Crippen LogP contribution >= 0.6 is 11.3 Å². The first-order chi connectivity index (χ1) is 9.04. The molecule has 2 aromatic heterocycles. The second kappa shape index (κ2) is 4.31. The lowest BCUT2D eigenvalue weighted by molar-refractivity contribution is 0.620. The lowest BCUT2D eigenvalue weighted by Gasteiger charge is -2.04. The van der Waals surface area contributed by atoms with Crippen molar-refractivity contribution in [1.29, 1.82) is 0 Å². The van der Waals surface area contributed by atoms with Crippen LogP contribution in [0.15, 0.2) is 17.5 Å². The molecule has 3 aromatic rings. The van der Waals surface area contributed by atoms with Gasteiger partial charge in [0, 0.05) is 17.1 Å². The van der Waals surface area contributed by atoms with Gasteiger partial charge in [0.15, 0.2) is 0 Å². The number of fused-ring (bicyclic) bond motifs is 1. The normalized spacial score (nSPS) is 11.3. The smallest absolute Gasteiger partial charge is 0.201 e. The Bertz CT molecular complexity index is 759. The summed E-state index contributed by atoms with van der Waals surface area (Å²) in [5.74, 6) is 0.120. The zero-order valence-corrected chi connectivity index (χ0v) is 11.5. The number of nitrogen functional groups attached to an aromatic ring is 1. The van der Waals surface area contributed by atoms with Crippen LogP contribution in [0.2, 0.25) is 0 Å². The van der Waals surface area contributed by atoms with Crippen molar-refractivity contribution in [3.05, 3.63) is 39.6 Å². The number of nitrogens with zero attached hydrogens (tertiary/aromatic N) is 3. The molecule has 0 aliphatic rings. The van der Waals surface area contributed by atoms with Gasteiger partial charge in [0.1, 0.15) is 10.8 Å². The van der Waals surface area contributed by atoms with E-state index in [1.165, 1.54) is 6.07 Å². The molecule has 0 unspecified atom stereocenters. The Balaban J connectivity index is 2.12. The summed E-state index contributed by atoms with van der Waals surface area (Å²) < 4.78 is 15.4. The lowest BCUT2D eigenvalue weighted by atomic mass is 10.2. The number of anilines is 1. The van der Waals surface area contributed by atoms with Gasteiger partial charge >= 0.3 is 0 Å². The Morgan fingerprint density at radius 3 is 2.79 bits per heavy atom. The summed E-state index contributed by atoms with van der Waals surface area (Å²) in [5, 5.41) is 2.96.